The van der Waals surface area contributed by atoms with Gasteiger partial charge in [-0.05, 0) is 19.3 Å². The van der Waals surface area contributed by atoms with Crippen molar-refractivity contribution in [2.24, 2.45) is 0 Å². The van der Waals surface area contributed by atoms with Crippen LogP contribution in [0, 0.1) is 10.1 Å². The molecule has 2 N–H and O–H groups in total. The molecule has 0 aromatic heterocycles. The molecule has 6 heteroatoms. The van der Waals surface area contributed by atoms with Gasteiger partial charge in [-0.15, -0.1) is 0 Å². The van der Waals surface area contributed by atoms with Gasteiger partial charge in [-0.2, -0.15) is 0 Å². The highest BCUT2D eigenvalue weighted by Gasteiger charge is 2.19. The molecule has 0 atom stereocenters. The van der Waals surface area contributed by atoms with Crippen molar-refractivity contribution < 1.29 is 9.66 Å². The Morgan fingerprint density at radius 3 is 2.80 bits per heavy atom. The quantitative estimate of drug-likeness (QED) is 0.413. The molecule has 1 aromatic carbocycles. The minimum Gasteiger partial charge on any atom is -0.493 e. The number of anilines is 1. The zero-order valence-electron chi connectivity index (χ0n) is 11.7. The topological polar surface area (TPSA) is 76.4 Å². The maximum absolute atomic E-state index is 10.9. The van der Waals surface area contributed by atoms with Crippen molar-refractivity contribution >= 4 is 11.4 Å². The lowest BCUT2D eigenvalue weighted by atomic mass is 10.2. The number of nitro benzene ring substituents is 1. The van der Waals surface area contributed by atoms with E-state index in [1.807, 2.05) is 6.92 Å². The van der Waals surface area contributed by atoms with Gasteiger partial charge in [-0.3, -0.25) is 10.1 Å². The zero-order chi connectivity index (χ0) is 14.4. The maximum atomic E-state index is 10.9. The minimum atomic E-state index is -0.396. The summed E-state index contributed by atoms with van der Waals surface area (Å²) in [6.45, 7) is 4.16. The molecule has 110 valence electrons. The first-order valence-corrected chi connectivity index (χ1v) is 7.08. The van der Waals surface area contributed by atoms with Crippen molar-refractivity contribution in [3.05, 3.63) is 28.3 Å². The molecule has 2 rings (SSSR count). The van der Waals surface area contributed by atoms with Crippen LogP contribution in [0.15, 0.2) is 18.2 Å². The highest BCUT2D eigenvalue weighted by Crippen LogP contribution is 2.26. The summed E-state index contributed by atoms with van der Waals surface area (Å²) in [6, 6.07) is 5.48. The summed E-state index contributed by atoms with van der Waals surface area (Å²) in [4.78, 5) is 10.5. The second kappa shape index (κ2) is 7.09. The molecule has 0 radical (unpaired) electrons. The molecule has 1 fully saturated rings. The van der Waals surface area contributed by atoms with Gasteiger partial charge in [-0.1, -0.05) is 6.92 Å². The van der Waals surface area contributed by atoms with Crippen LogP contribution in [0.3, 0.4) is 0 Å². The van der Waals surface area contributed by atoms with Crippen LogP contribution in [0.5, 0.6) is 5.75 Å². The van der Waals surface area contributed by atoms with E-state index in [1.54, 1.807) is 6.07 Å². The van der Waals surface area contributed by atoms with Crippen LogP contribution >= 0.6 is 0 Å². The second-order valence-corrected chi connectivity index (χ2v) is 4.98. The van der Waals surface area contributed by atoms with E-state index in [0.29, 0.717) is 18.4 Å². The average Bonchev–Trinajstić information content (AvgIpc) is 3.25. The van der Waals surface area contributed by atoms with E-state index in [2.05, 4.69) is 10.6 Å². The normalized spacial score (nSPS) is 14.1. The Labute approximate surface area is 118 Å². The van der Waals surface area contributed by atoms with Gasteiger partial charge in [0.1, 0.15) is 5.75 Å². The number of non-ortho nitro benzene ring substituents is 1. The van der Waals surface area contributed by atoms with E-state index in [1.165, 1.54) is 25.0 Å². The summed E-state index contributed by atoms with van der Waals surface area (Å²) in [5.41, 5.74) is 0.777. The summed E-state index contributed by atoms with van der Waals surface area (Å²) in [7, 11) is 0. The molecule has 1 saturated carbocycles. The van der Waals surface area contributed by atoms with Crippen molar-refractivity contribution in [3.63, 3.8) is 0 Å². The van der Waals surface area contributed by atoms with Gasteiger partial charge in [-0.25, -0.2) is 0 Å². The van der Waals surface area contributed by atoms with Crippen LogP contribution in [-0.2, 0) is 0 Å². The van der Waals surface area contributed by atoms with Crippen molar-refractivity contribution in [1.29, 1.82) is 0 Å². The number of rotatable bonds is 9. The highest BCUT2D eigenvalue weighted by atomic mass is 16.6. The van der Waals surface area contributed by atoms with Crippen molar-refractivity contribution in [1.82, 2.24) is 5.32 Å². The Morgan fingerprint density at radius 1 is 1.35 bits per heavy atom. The predicted molar refractivity (Wildman–Crippen MR) is 78.4 cm³/mol. The molecule has 0 unspecified atom stereocenters. The maximum Gasteiger partial charge on any atom is 0.275 e. The summed E-state index contributed by atoms with van der Waals surface area (Å²) < 4.78 is 5.48. The molecular weight excluding hydrogens is 258 g/mol. The number of nitrogens with one attached hydrogen (secondary N) is 2. The van der Waals surface area contributed by atoms with E-state index < -0.39 is 4.92 Å². The van der Waals surface area contributed by atoms with Crippen LogP contribution in [0.2, 0.25) is 0 Å². The Morgan fingerprint density at radius 2 is 2.15 bits per heavy atom. The summed E-state index contributed by atoms with van der Waals surface area (Å²) in [5.74, 6) is 0.540. The smallest absolute Gasteiger partial charge is 0.275 e. The van der Waals surface area contributed by atoms with Gasteiger partial charge < -0.3 is 15.4 Å². The van der Waals surface area contributed by atoms with Crippen molar-refractivity contribution in [2.75, 3.05) is 25.0 Å². The number of hydrogen-bond donors (Lipinski definition) is 2. The number of ether oxygens (including phenoxy) is 1. The molecule has 1 aromatic rings. The van der Waals surface area contributed by atoms with Crippen molar-refractivity contribution in [3.8, 4) is 5.75 Å². The Bertz CT molecular complexity index is 461. The fourth-order valence-corrected chi connectivity index (χ4v) is 1.86. The molecular formula is C14H21N3O3. The lowest BCUT2D eigenvalue weighted by molar-refractivity contribution is -0.384. The molecule has 1 aliphatic rings. The van der Waals surface area contributed by atoms with E-state index in [0.717, 1.165) is 25.2 Å². The van der Waals surface area contributed by atoms with Gasteiger partial charge in [0.05, 0.1) is 17.6 Å². The second-order valence-electron chi connectivity index (χ2n) is 4.98. The third kappa shape index (κ3) is 4.70. The molecule has 1 aliphatic carbocycles. The third-order valence-corrected chi connectivity index (χ3v) is 3.04. The minimum absolute atomic E-state index is 0.0521. The largest absolute Gasteiger partial charge is 0.493 e. The first-order valence-electron chi connectivity index (χ1n) is 7.08. The fourth-order valence-electron chi connectivity index (χ4n) is 1.86. The summed E-state index contributed by atoms with van der Waals surface area (Å²) >= 11 is 0. The molecule has 0 spiro atoms. The van der Waals surface area contributed by atoms with Crippen LogP contribution in [-0.4, -0.2) is 30.7 Å². The van der Waals surface area contributed by atoms with Crippen LogP contribution in [0.1, 0.15) is 26.2 Å². The Hall–Kier alpha value is -1.82. The molecule has 0 heterocycles. The zero-order valence-corrected chi connectivity index (χ0v) is 11.7. The molecule has 0 amide bonds. The monoisotopic (exact) mass is 279 g/mol. The third-order valence-electron chi connectivity index (χ3n) is 3.04. The van der Waals surface area contributed by atoms with Gasteiger partial charge in [0.25, 0.3) is 5.69 Å². The van der Waals surface area contributed by atoms with Gasteiger partial charge in [0, 0.05) is 37.0 Å². The van der Waals surface area contributed by atoms with Crippen LogP contribution in [0.4, 0.5) is 11.4 Å². The lowest BCUT2D eigenvalue weighted by Crippen LogP contribution is -2.23. The number of nitro groups is 1. The number of benzene rings is 1. The summed E-state index contributed by atoms with van der Waals surface area (Å²) in [5, 5.41) is 17.5. The number of nitrogens with zero attached hydrogens (tertiary/aromatic N) is 1. The predicted octanol–water partition coefficient (Wildman–Crippen LogP) is 2.55. The lowest BCUT2D eigenvalue weighted by Gasteiger charge is -2.10. The molecule has 6 nitrogen and oxygen atoms in total. The van der Waals surface area contributed by atoms with Gasteiger partial charge in [0.2, 0.25) is 0 Å². The first kappa shape index (κ1) is 14.6. The van der Waals surface area contributed by atoms with E-state index in [9.17, 15) is 10.1 Å². The highest BCUT2D eigenvalue weighted by molar-refractivity contribution is 5.56. The Kier molecular flexibility index (Phi) is 5.17. The molecule has 20 heavy (non-hydrogen) atoms. The first-order chi connectivity index (χ1) is 9.69. The van der Waals surface area contributed by atoms with Gasteiger partial charge in [0.15, 0.2) is 0 Å². The molecule has 0 aliphatic heterocycles. The molecule has 0 saturated heterocycles. The van der Waals surface area contributed by atoms with E-state index in [-0.39, 0.29) is 5.69 Å². The van der Waals surface area contributed by atoms with E-state index >= 15 is 0 Å². The van der Waals surface area contributed by atoms with Crippen LogP contribution in [0.25, 0.3) is 0 Å². The van der Waals surface area contributed by atoms with Gasteiger partial charge >= 0.3 is 0 Å². The fraction of sp³-hybridized carbons (Fsp3) is 0.571. The standard InChI is InChI=1S/C14H21N3O3/c1-2-7-20-14-9-12(8-13(10-14)17(18)19)16-6-5-15-11-3-4-11/h8-11,15-16H,2-7H2,1H3. The Balaban J connectivity index is 1.93. The average molecular weight is 279 g/mol. The summed E-state index contributed by atoms with van der Waals surface area (Å²) in [6.07, 6.45) is 3.38. The van der Waals surface area contributed by atoms with E-state index in [4.69, 9.17) is 4.74 Å². The van der Waals surface area contributed by atoms with Crippen molar-refractivity contribution in [2.45, 2.75) is 32.2 Å². The van der Waals surface area contributed by atoms with Crippen LogP contribution < -0.4 is 15.4 Å². The molecule has 0 bridgehead atoms. The number of hydrogen-bond acceptors (Lipinski definition) is 5. The SMILES string of the molecule is CCCOc1cc(NCCNC2CC2)cc([N+](=O)[O-])c1.